The quantitative estimate of drug-likeness (QED) is 0.525. The average molecular weight is 272 g/mol. The Hall–Kier alpha value is -2.56. The van der Waals surface area contributed by atoms with Crippen LogP contribution in [0.25, 0.3) is 0 Å². The minimum atomic E-state index is -0.385. The zero-order valence-corrected chi connectivity index (χ0v) is 11.4. The predicted molar refractivity (Wildman–Crippen MR) is 77.8 cm³/mol. The van der Waals surface area contributed by atoms with Crippen molar-refractivity contribution in [2.45, 2.75) is 20.5 Å². The molecule has 0 radical (unpaired) electrons. The molecule has 0 aliphatic heterocycles. The first-order valence-corrected chi connectivity index (χ1v) is 6.20. The maximum absolute atomic E-state index is 10.9. The van der Waals surface area contributed by atoms with Crippen LogP contribution in [-0.4, -0.2) is 4.92 Å². The van der Waals surface area contributed by atoms with E-state index in [0.29, 0.717) is 23.6 Å². The molecule has 5 nitrogen and oxygen atoms in total. The Kier molecular flexibility index (Phi) is 3.89. The summed E-state index contributed by atoms with van der Waals surface area (Å²) in [4.78, 5) is 10.5. The number of rotatable bonds is 4. The Labute approximate surface area is 117 Å². The number of nitrogen functional groups attached to an aromatic ring is 1. The molecule has 2 N–H and O–H groups in total. The van der Waals surface area contributed by atoms with E-state index in [1.165, 1.54) is 6.07 Å². The van der Waals surface area contributed by atoms with Crippen LogP contribution in [0.4, 0.5) is 11.4 Å². The minimum absolute atomic E-state index is 0.110. The van der Waals surface area contributed by atoms with E-state index in [0.717, 1.165) is 11.1 Å². The summed E-state index contributed by atoms with van der Waals surface area (Å²) in [7, 11) is 0. The first-order chi connectivity index (χ1) is 9.47. The van der Waals surface area contributed by atoms with Crippen LogP contribution in [0.2, 0.25) is 0 Å². The van der Waals surface area contributed by atoms with Crippen molar-refractivity contribution in [2.24, 2.45) is 0 Å². The van der Waals surface area contributed by atoms with Crippen LogP contribution >= 0.6 is 0 Å². The number of nitro benzene ring substituents is 1. The van der Waals surface area contributed by atoms with Gasteiger partial charge in [-0.15, -0.1) is 0 Å². The zero-order chi connectivity index (χ0) is 14.7. The molecule has 0 unspecified atom stereocenters. The molecule has 0 atom stereocenters. The molecule has 0 saturated heterocycles. The van der Waals surface area contributed by atoms with E-state index in [1.54, 1.807) is 19.9 Å². The van der Waals surface area contributed by atoms with Crippen molar-refractivity contribution in [1.82, 2.24) is 0 Å². The zero-order valence-electron chi connectivity index (χ0n) is 11.4. The Balaban J connectivity index is 2.18. The first kappa shape index (κ1) is 13.9. The molecule has 0 aliphatic rings. The molecule has 104 valence electrons. The monoisotopic (exact) mass is 272 g/mol. The molecule has 0 aromatic heterocycles. The largest absolute Gasteiger partial charge is 0.489 e. The second-order valence-electron chi connectivity index (χ2n) is 4.70. The van der Waals surface area contributed by atoms with Crippen molar-refractivity contribution in [3.05, 3.63) is 63.2 Å². The number of nitrogens with zero attached hydrogens (tertiary/aromatic N) is 1. The summed E-state index contributed by atoms with van der Waals surface area (Å²) in [6, 6.07) is 10.7. The van der Waals surface area contributed by atoms with Gasteiger partial charge in [0.1, 0.15) is 12.4 Å². The predicted octanol–water partition coefficient (Wildman–Crippen LogP) is 3.37. The minimum Gasteiger partial charge on any atom is -0.489 e. The van der Waals surface area contributed by atoms with Gasteiger partial charge in [-0.3, -0.25) is 10.1 Å². The number of hydrogen-bond donors (Lipinski definition) is 1. The number of nitrogens with two attached hydrogens (primary N) is 1. The van der Waals surface area contributed by atoms with Gasteiger partial charge >= 0.3 is 0 Å². The van der Waals surface area contributed by atoms with E-state index in [-0.39, 0.29) is 10.6 Å². The lowest BCUT2D eigenvalue weighted by Gasteiger charge is -2.10. The number of hydrogen-bond acceptors (Lipinski definition) is 4. The van der Waals surface area contributed by atoms with E-state index in [1.807, 2.05) is 24.3 Å². The molecule has 2 rings (SSSR count). The molecule has 0 fully saturated rings. The van der Waals surface area contributed by atoms with Crippen LogP contribution in [0.5, 0.6) is 5.75 Å². The molecule has 0 aliphatic carbocycles. The van der Waals surface area contributed by atoms with Gasteiger partial charge in [0.2, 0.25) is 0 Å². The third-order valence-electron chi connectivity index (χ3n) is 3.04. The van der Waals surface area contributed by atoms with Gasteiger partial charge in [0, 0.05) is 17.3 Å². The van der Waals surface area contributed by atoms with E-state index in [9.17, 15) is 10.1 Å². The highest BCUT2D eigenvalue weighted by Gasteiger charge is 2.14. The standard InChI is InChI=1S/C15H16N2O3/c1-10-7-15(11(2)6-14(10)17(18)19)20-9-12-4-3-5-13(16)8-12/h3-8H,9,16H2,1-2H3. The molecular weight excluding hydrogens is 256 g/mol. The van der Waals surface area contributed by atoms with Crippen LogP contribution in [0.15, 0.2) is 36.4 Å². The number of benzene rings is 2. The van der Waals surface area contributed by atoms with Crippen LogP contribution in [-0.2, 0) is 6.61 Å². The third kappa shape index (κ3) is 3.06. The molecule has 2 aromatic carbocycles. The van der Waals surface area contributed by atoms with Crippen LogP contribution < -0.4 is 10.5 Å². The van der Waals surface area contributed by atoms with Crippen molar-refractivity contribution < 1.29 is 9.66 Å². The van der Waals surface area contributed by atoms with E-state index >= 15 is 0 Å². The van der Waals surface area contributed by atoms with Gasteiger partial charge in [0.25, 0.3) is 5.69 Å². The molecule has 0 saturated carbocycles. The highest BCUT2D eigenvalue weighted by molar-refractivity contribution is 5.49. The number of aryl methyl sites for hydroxylation is 2. The maximum Gasteiger partial charge on any atom is 0.272 e. The van der Waals surface area contributed by atoms with Gasteiger partial charge in [0.15, 0.2) is 0 Å². The average Bonchev–Trinajstić information content (AvgIpc) is 2.39. The fourth-order valence-electron chi connectivity index (χ4n) is 1.97. The van der Waals surface area contributed by atoms with Gasteiger partial charge in [0.05, 0.1) is 4.92 Å². The Morgan fingerprint density at radius 1 is 1.20 bits per heavy atom. The van der Waals surface area contributed by atoms with Crippen LogP contribution in [0.3, 0.4) is 0 Å². The number of ether oxygens (including phenoxy) is 1. The topological polar surface area (TPSA) is 78.4 Å². The van der Waals surface area contributed by atoms with Crippen molar-refractivity contribution in [1.29, 1.82) is 0 Å². The molecule has 0 heterocycles. The van der Waals surface area contributed by atoms with Gasteiger partial charge < -0.3 is 10.5 Å². The summed E-state index contributed by atoms with van der Waals surface area (Å²) < 4.78 is 5.72. The SMILES string of the molecule is Cc1cc([N+](=O)[O-])c(C)cc1OCc1cccc(N)c1. The summed E-state index contributed by atoms with van der Waals surface area (Å²) in [5.74, 6) is 0.649. The molecule has 0 bridgehead atoms. The van der Waals surface area contributed by atoms with E-state index in [2.05, 4.69) is 0 Å². The highest BCUT2D eigenvalue weighted by Crippen LogP contribution is 2.28. The first-order valence-electron chi connectivity index (χ1n) is 6.20. The van der Waals surface area contributed by atoms with Crippen LogP contribution in [0.1, 0.15) is 16.7 Å². The summed E-state index contributed by atoms with van der Waals surface area (Å²) >= 11 is 0. The molecule has 0 spiro atoms. The lowest BCUT2D eigenvalue weighted by atomic mass is 10.1. The van der Waals surface area contributed by atoms with Crippen LogP contribution in [0, 0.1) is 24.0 Å². The van der Waals surface area contributed by atoms with Gasteiger partial charge in [-0.25, -0.2) is 0 Å². The molecule has 5 heteroatoms. The second kappa shape index (κ2) is 5.61. The lowest BCUT2D eigenvalue weighted by Crippen LogP contribution is -2.00. The Bertz CT molecular complexity index is 654. The van der Waals surface area contributed by atoms with Crippen molar-refractivity contribution in [3.8, 4) is 5.75 Å². The fourth-order valence-corrected chi connectivity index (χ4v) is 1.97. The molecule has 0 amide bonds. The lowest BCUT2D eigenvalue weighted by molar-refractivity contribution is -0.385. The summed E-state index contributed by atoms with van der Waals surface area (Å²) in [5, 5.41) is 10.9. The molecule has 20 heavy (non-hydrogen) atoms. The number of anilines is 1. The number of nitro groups is 1. The Morgan fingerprint density at radius 3 is 2.60 bits per heavy atom. The smallest absolute Gasteiger partial charge is 0.272 e. The second-order valence-corrected chi connectivity index (χ2v) is 4.70. The molecule has 2 aromatic rings. The summed E-state index contributed by atoms with van der Waals surface area (Å²) in [6.45, 7) is 3.87. The Morgan fingerprint density at radius 2 is 1.95 bits per heavy atom. The van der Waals surface area contributed by atoms with Crippen molar-refractivity contribution in [2.75, 3.05) is 5.73 Å². The fraction of sp³-hybridized carbons (Fsp3) is 0.200. The van der Waals surface area contributed by atoms with Gasteiger partial charge in [-0.2, -0.15) is 0 Å². The molecular formula is C15H16N2O3. The van der Waals surface area contributed by atoms with Crippen molar-refractivity contribution >= 4 is 11.4 Å². The van der Waals surface area contributed by atoms with Gasteiger partial charge in [-0.05, 0) is 43.2 Å². The van der Waals surface area contributed by atoms with E-state index in [4.69, 9.17) is 10.5 Å². The maximum atomic E-state index is 10.9. The van der Waals surface area contributed by atoms with E-state index < -0.39 is 0 Å². The summed E-state index contributed by atoms with van der Waals surface area (Å²) in [5.41, 5.74) is 8.78. The normalized spacial score (nSPS) is 10.3. The van der Waals surface area contributed by atoms with Crippen molar-refractivity contribution in [3.63, 3.8) is 0 Å². The third-order valence-corrected chi connectivity index (χ3v) is 3.04. The summed E-state index contributed by atoms with van der Waals surface area (Å²) in [6.07, 6.45) is 0. The van der Waals surface area contributed by atoms with Gasteiger partial charge in [-0.1, -0.05) is 12.1 Å². The highest BCUT2D eigenvalue weighted by atomic mass is 16.6.